The Morgan fingerprint density at radius 1 is 0.765 bits per heavy atom. The van der Waals surface area contributed by atoms with Crippen molar-refractivity contribution in [2.75, 3.05) is 0 Å². The number of nitrogens with zero attached hydrogens (tertiary/aromatic N) is 2. The summed E-state index contributed by atoms with van der Waals surface area (Å²) in [7, 11) is 0. The van der Waals surface area contributed by atoms with Gasteiger partial charge in [0.1, 0.15) is 0 Å². The summed E-state index contributed by atoms with van der Waals surface area (Å²) in [5.41, 5.74) is 0. The highest BCUT2D eigenvalue weighted by Gasteiger charge is 2.46. The number of rotatable bonds is 1. The van der Waals surface area contributed by atoms with Crippen molar-refractivity contribution in [3.05, 3.63) is 0 Å². The minimum atomic E-state index is -2.18. The van der Waals surface area contributed by atoms with Crippen molar-refractivity contribution in [2.45, 2.75) is 12.0 Å². The lowest BCUT2D eigenvalue weighted by Crippen LogP contribution is -2.29. The molecule has 0 fully saturated rings. The number of aliphatic imine (C=N–C) groups is 2. The second kappa shape index (κ2) is 6.80. The molecule has 100 valence electrons. The molecular formula is C5Cl10N2. The van der Waals surface area contributed by atoms with Gasteiger partial charge in [0.15, 0.2) is 5.17 Å². The normalized spacial score (nSPS) is 16.4. The molecule has 0 aliphatic rings. The average molecular weight is 443 g/mol. The molecule has 0 aliphatic carbocycles. The summed E-state index contributed by atoms with van der Waals surface area (Å²) in [5.74, 6) is 0. The molecule has 0 heterocycles. The molecule has 0 unspecified atom stereocenters. The molecule has 0 saturated carbocycles. The van der Waals surface area contributed by atoms with Crippen LogP contribution in [0.25, 0.3) is 0 Å². The zero-order valence-corrected chi connectivity index (χ0v) is 14.7. The molecule has 0 radical (unpaired) electrons. The van der Waals surface area contributed by atoms with Gasteiger partial charge in [-0.1, -0.05) is 104 Å². The molecule has 0 aromatic carbocycles. The van der Waals surface area contributed by atoms with E-state index in [9.17, 15) is 0 Å². The fraction of sp³-hybridized carbons (Fsp3) is 0.600. The number of amidine groups is 1. The van der Waals surface area contributed by atoms with E-state index < -0.39 is 22.5 Å². The molecule has 0 amide bonds. The predicted molar refractivity (Wildman–Crippen MR) is 81.6 cm³/mol. The van der Waals surface area contributed by atoms with Gasteiger partial charge in [0, 0.05) is 0 Å². The molecule has 0 spiro atoms. The summed E-state index contributed by atoms with van der Waals surface area (Å²) in [4.78, 5) is 6.81. The molecular weight excluding hydrogens is 443 g/mol. The summed E-state index contributed by atoms with van der Waals surface area (Å²) in [5, 5.41) is -1.04. The molecule has 0 rings (SSSR count). The third-order valence-electron chi connectivity index (χ3n) is 0.998. The van der Waals surface area contributed by atoms with Crippen LogP contribution in [-0.2, 0) is 0 Å². The summed E-state index contributed by atoms with van der Waals surface area (Å²) in [6.45, 7) is 0. The van der Waals surface area contributed by atoms with E-state index in [1.807, 2.05) is 0 Å². The van der Waals surface area contributed by atoms with Gasteiger partial charge in [-0.05, 0) is 11.6 Å². The van der Waals surface area contributed by atoms with E-state index in [1.165, 1.54) is 0 Å². The van der Waals surface area contributed by atoms with E-state index >= 15 is 0 Å². The Hall–Kier alpha value is 2.24. The van der Waals surface area contributed by atoms with Crippen molar-refractivity contribution < 1.29 is 0 Å². The van der Waals surface area contributed by atoms with Gasteiger partial charge in [-0.2, -0.15) is 0 Å². The van der Waals surface area contributed by atoms with Gasteiger partial charge in [0.05, 0.1) is 0 Å². The van der Waals surface area contributed by atoms with Gasteiger partial charge in [-0.3, -0.25) is 0 Å². The van der Waals surface area contributed by atoms with E-state index in [2.05, 4.69) is 9.98 Å². The first kappa shape index (κ1) is 19.2. The third kappa shape index (κ3) is 6.99. The third-order valence-corrected chi connectivity index (χ3v) is 4.50. The molecule has 0 bridgehead atoms. The lowest BCUT2D eigenvalue weighted by atomic mass is 10.7. The molecule has 0 atom stereocenters. The molecule has 0 aliphatic heterocycles. The van der Waals surface area contributed by atoms with Crippen molar-refractivity contribution in [2.24, 2.45) is 9.98 Å². The largest absolute Gasteiger partial charge is 0.257 e. The smallest absolute Gasteiger partial charge is 0.212 e. The number of hydrogen-bond donors (Lipinski definition) is 0. The SMILES string of the molecule is ClC(=NC(Cl)(Cl)C(Cl)(Cl)Cl)N=C(Cl)C(Cl)(Cl)Cl. The highest BCUT2D eigenvalue weighted by molar-refractivity contribution is 6.90. The molecule has 2 nitrogen and oxygen atoms in total. The fourth-order valence-corrected chi connectivity index (χ4v) is 1.18. The van der Waals surface area contributed by atoms with Crippen molar-refractivity contribution in [3.63, 3.8) is 0 Å². The van der Waals surface area contributed by atoms with Crippen LogP contribution in [-0.4, -0.2) is 22.5 Å². The van der Waals surface area contributed by atoms with E-state index in [4.69, 9.17) is 116 Å². The van der Waals surface area contributed by atoms with Crippen LogP contribution >= 0.6 is 116 Å². The minimum Gasteiger partial charge on any atom is -0.212 e. The van der Waals surface area contributed by atoms with Gasteiger partial charge in [0.25, 0.3) is 4.46 Å². The Kier molecular flexibility index (Phi) is 7.69. The van der Waals surface area contributed by atoms with Crippen molar-refractivity contribution in [3.8, 4) is 0 Å². The Morgan fingerprint density at radius 2 is 1.18 bits per heavy atom. The van der Waals surface area contributed by atoms with Gasteiger partial charge in [-0.15, -0.1) is 0 Å². The molecule has 17 heavy (non-hydrogen) atoms. The maximum absolute atomic E-state index is 5.59. The number of alkyl halides is 8. The minimum absolute atomic E-state index is 0.482. The second-order valence-electron chi connectivity index (χ2n) is 2.32. The highest BCUT2D eigenvalue weighted by Crippen LogP contribution is 2.47. The molecule has 0 N–H and O–H groups in total. The lowest BCUT2D eigenvalue weighted by molar-refractivity contribution is 0.851. The van der Waals surface area contributed by atoms with Crippen LogP contribution in [0.15, 0.2) is 9.98 Å². The predicted octanol–water partition coefficient (Wildman–Crippen LogP) is 6.09. The van der Waals surface area contributed by atoms with Crippen LogP contribution in [0.5, 0.6) is 0 Å². The monoisotopic (exact) mass is 438 g/mol. The second-order valence-corrected chi connectivity index (χ2v) is 8.87. The van der Waals surface area contributed by atoms with Gasteiger partial charge < -0.3 is 0 Å². The van der Waals surface area contributed by atoms with Crippen molar-refractivity contribution in [1.29, 1.82) is 0 Å². The van der Waals surface area contributed by atoms with Crippen LogP contribution in [0.4, 0.5) is 0 Å². The van der Waals surface area contributed by atoms with Crippen LogP contribution in [0.2, 0.25) is 0 Å². The van der Waals surface area contributed by atoms with E-state index in [0.717, 1.165) is 0 Å². The van der Waals surface area contributed by atoms with Crippen molar-refractivity contribution >= 4 is 126 Å². The summed E-state index contributed by atoms with van der Waals surface area (Å²) in [6, 6.07) is 0. The first-order valence-electron chi connectivity index (χ1n) is 3.28. The lowest BCUT2D eigenvalue weighted by Gasteiger charge is -2.22. The Morgan fingerprint density at radius 3 is 1.47 bits per heavy atom. The van der Waals surface area contributed by atoms with Gasteiger partial charge in [0.2, 0.25) is 12.9 Å². The summed E-state index contributed by atoms with van der Waals surface area (Å²) >= 11 is 54.7. The standard InChI is InChI=1S/C5Cl10N2/c6-1(3(8,9)10)16-2(7)17-5(14,15)4(11,12)13. The van der Waals surface area contributed by atoms with Gasteiger partial charge in [-0.25, -0.2) is 9.98 Å². The zero-order chi connectivity index (χ0) is 14.1. The van der Waals surface area contributed by atoms with Crippen LogP contribution < -0.4 is 0 Å². The Balaban J connectivity index is 5.15. The summed E-state index contributed by atoms with van der Waals surface area (Å²) < 4.78 is -6.29. The molecule has 0 aromatic heterocycles. The summed E-state index contributed by atoms with van der Waals surface area (Å²) in [6.07, 6.45) is 0. The van der Waals surface area contributed by atoms with Crippen LogP contribution in [0.3, 0.4) is 0 Å². The van der Waals surface area contributed by atoms with Crippen molar-refractivity contribution in [1.82, 2.24) is 0 Å². The maximum Gasteiger partial charge on any atom is 0.257 e. The first-order valence-corrected chi connectivity index (χ1v) is 7.06. The van der Waals surface area contributed by atoms with Crippen LogP contribution in [0.1, 0.15) is 0 Å². The number of halogens is 10. The molecule has 0 saturated heterocycles. The Bertz CT molecular complexity index is 334. The maximum atomic E-state index is 5.59. The first-order chi connectivity index (χ1) is 7.27. The topological polar surface area (TPSA) is 24.7 Å². The number of hydrogen-bond acceptors (Lipinski definition) is 1. The highest BCUT2D eigenvalue weighted by atomic mass is 35.6. The molecule has 12 heteroatoms. The Labute approximate surface area is 147 Å². The quantitative estimate of drug-likeness (QED) is 0.203. The van der Waals surface area contributed by atoms with Crippen LogP contribution in [0, 0.1) is 0 Å². The van der Waals surface area contributed by atoms with E-state index in [0.29, 0.717) is 0 Å². The van der Waals surface area contributed by atoms with E-state index in [1.54, 1.807) is 0 Å². The van der Waals surface area contributed by atoms with Gasteiger partial charge >= 0.3 is 0 Å². The zero-order valence-electron chi connectivity index (χ0n) is 7.17. The molecule has 0 aromatic rings. The fourth-order valence-electron chi connectivity index (χ4n) is 0.349. The average Bonchev–Trinajstić information content (AvgIpc) is 1.97. The van der Waals surface area contributed by atoms with E-state index in [-0.39, 0.29) is 0 Å².